The number of hydrogen-bond acceptors (Lipinski definition) is 7. The van der Waals surface area contributed by atoms with Crippen LogP contribution >= 0.6 is 11.3 Å². The number of fused-ring (bicyclic) bond motifs is 3. The van der Waals surface area contributed by atoms with E-state index in [1.54, 1.807) is 13.3 Å². The molecule has 0 spiro atoms. The topological polar surface area (TPSA) is 84.4 Å². The summed E-state index contributed by atoms with van der Waals surface area (Å²) in [5.41, 5.74) is 1.44. The minimum absolute atomic E-state index is 0.0710. The smallest absolute Gasteiger partial charge is 0.328 e. The molecule has 1 atom stereocenters. The number of rotatable bonds is 4. The summed E-state index contributed by atoms with van der Waals surface area (Å²) in [4.78, 5) is 38.0. The monoisotopic (exact) mass is 402 g/mol. The average Bonchev–Trinajstić information content (AvgIpc) is 3.12. The number of carbonyl (C=O) groups excluding carboxylic acids is 2. The zero-order valence-corrected chi connectivity index (χ0v) is 17.2. The molecule has 1 N–H and O–H groups in total. The van der Waals surface area contributed by atoms with Crippen LogP contribution in [0.3, 0.4) is 0 Å². The molecule has 0 radical (unpaired) electrons. The Kier molecular flexibility index (Phi) is 5.48. The highest BCUT2D eigenvalue weighted by Gasteiger charge is 2.29. The number of amides is 1. The van der Waals surface area contributed by atoms with Gasteiger partial charge in [-0.2, -0.15) is 0 Å². The molecule has 2 aromatic heterocycles. The molecule has 28 heavy (non-hydrogen) atoms. The van der Waals surface area contributed by atoms with E-state index in [0.717, 1.165) is 49.4 Å². The minimum atomic E-state index is -0.616. The van der Waals surface area contributed by atoms with Crippen molar-refractivity contribution in [3.05, 3.63) is 16.8 Å². The van der Waals surface area contributed by atoms with Gasteiger partial charge in [-0.3, -0.25) is 4.79 Å². The van der Waals surface area contributed by atoms with E-state index >= 15 is 0 Å². The predicted molar refractivity (Wildman–Crippen MR) is 109 cm³/mol. The van der Waals surface area contributed by atoms with Gasteiger partial charge in [-0.1, -0.05) is 0 Å². The first kappa shape index (κ1) is 19.1. The summed E-state index contributed by atoms with van der Waals surface area (Å²) in [7, 11) is 1.33. The Bertz CT molecular complexity index is 889. The molecule has 1 aliphatic heterocycles. The lowest BCUT2D eigenvalue weighted by atomic mass is 9.94. The number of nitrogens with zero attached hydrogens (tertiary/aromatic N) is 3. The number of ether oxygens (including phenoxy) is 1. The number of nitrogens with one attached hydrogen (secondary N) is 1. The lowest BCUT2D eigenvalue weighted by molar-refractivity contribution is -0.145. The second kappa shape index (κ2) is 8.03. The Hall–Kier alpha value is -2.22. The van der Waals surface area contributed by atoms with Crippen molar-refractivity contribution in [1.29, 1.82) is 0 Å². The highest BCUT2D eigenvalue weighted by Crippen LogP contribution is 2.40. The van der Waals surface area contributed by atoms with Crippen LogP contribution in [0.25, 0.3) is 10.2 Å². The molecular formula is C20H26N4O3S. The van der Waals surface area contributed by atoms with Gasteiger partial charge < -0.3 is 15.0 Å². The quantitative estimate of drug-likeness (QED) is 0.791. The van der Waals surface area contributed by atoms with Crippen molar-refractivity contribution in [2.24, 2.45) is 5.92 Å². The van der Waals surface area contributed by atoms with Crippen molar-refractivity contribution in [2.45, 2.75) is 51.5 Å². The Balaban J connectivity index is 1.46. The van der Waals surface area contributed by atoms with E-state index < -0.39 is 12.0 Å². The summed E-state index contributed by atoms with van der Waals surface area (Å²) in [6.45, 7) is 3.21. The maximum Gasteiger partial charge on any atom is 0.328 e. The van der Waals surface area contributed by atoms with Gasteiger partial charge in [0.15, 0.2) is 0 Å². The van der Waals surface area contributed by atoms with Gasteiger partial charge in [0.1, 0.15) is 23.0 Å². The first-order valence-corrected chi connectivity index (χ1v) is 10.8. The summed E-state index contributed by atoms with van der Waals surface area (Å²) in [6, 6.07) is -0.616. The summed E-state index contributed by atoms with van der Waals surface area (Å²) >= 11 is 1.81. The van der Waals surface area contributed by atoms with Gasteiger partial charge in [-0.25, -0.2) is 14.8 Å². The standard InChI is InChI=1S/C20H26N4O3S/c1-12(20(26)27-2)23-18(25)13-7-9-24(10-8-13)17-16-14-5-3-4-6-15(14)28-19(16)22-11-21-17/h11-13H,3-10H2,1-2H3,(H,23,25). The molecule has 2 aromatic rings. The first-order chi connectivity index (χ1) is 13.6. The van der Waals surface area contributed by atoms with E-state index in [1.807, 2.05) is 11.3 Å². The van der Waals surface area contributed by atoms with Crippen molar-refractivity contribution < 1.29 is 14.3 Å². The third kappa shape index (κ3) is 3.57. The molecule has 150 valence electrons. The Morgan fingerprint density at radius 1 is 1.25 bits per heavy atom. The molecule has 1 aliphatic carbocycles. The summed E-state index contributed by atoms with van der Waals surface area (Å²) in [5, 5.41) is 3.99. The lowest BCUT2D eigenvalue weighted by Crippen LogP contribution is -2.46. The van der Waals surface area contributed by atoms with Gasteiger partial charge >= 0.3 is 5.97 Å². The van der Waals surface area contributed by atoms with Crippen molar-refractivity contribution in [2.75, 3.05) is 25.1 Å². The summed E-state index contributed by atoms with van der Waals surface area (Å²) < 4.78 is 4.68. The van der Waals surface area contributed by atoms with E-state index in [-0.39, 0.29) is 11.8 Å². The van der Waals surface area contributed by atoms with E-state index in [1.165, 1.54) is 35.8 Å². The van der Waals surface area contributed by atoms with Gasteiger partial charge in [0, 0.05) is 23.9 Å². The molecule has 4 rings (SSSR count). The molecule has 1 unspecified atom stereocenters. The average molecular weight is 403 g/mol. The number of aryl methyl sites for hydroxylation is 2. The van der Waals surface area contributed by atoms with Crippen LogP contribution in [-0.4, -0.2) is 48.1 Å². The third-order valence-corrected chi connectivity index (χ3v) is 7.01. The zero-order valence-electron chi connectivity index (χ0n) is 16.4. The molecule has 1 amide bonds. The van der Waals surface area contributed by atoms with Crippen LogP contribution in [0.1, 0.15) is 43.0 Å². The van der Waals surface area contributed by atoms with Crippen LogP contribution in [0.2, 0.25) is 0 Å². The van der Waals surface area contributed by atoms with Crippen LogP contribution < -0.4 is 10.2 Å². The van der Waals surface area contributed by atoms with Crippen molar-refractivity contribution in [1.82, 2.24) is 15.3 Å². The first-order valence-electron chi connectivity index (χ1n) is 9.97. The molecule has 2 aliphatic rings. The molecule has 0 aromatic carbocycles. The molecule has 8 heteroatoms. The molecular weight excluding hydrogens is 376 g/mol. The van der Waals surface area contributed by atoms with Crippen LogP contribution in [0.5, 0.6) is 0 Å². The van der Waals surface area contributed by atoms with E-state index in [4.69, 9.17) is 0 Å². The largest absolute Gasteiger partial charge is 0.467 e. The normalized spacial score (nSPS) is 18.6. The number of methoxy groups -OCH3 is 1. The zero-order chi connectivity index (χ0) is 19.7. The number of thiophene rings is 1. The fraction of sp³-hybridized carbons (Fsp3) is 0.600. The van der Waals surface area contributed by atoms with Crippen LogP contribution in [-0.2, 0) is 27.2 Å². The maximum atomic E-state index is 12.5. The van der Waals surface area contributed by atoms with Crippen molar-refractivity contribution in [3.63, 3.8) is 0 Å². The molecule has 1 fully saturated rings. The highest BCUT2D eigenvalue weighted by molar-refractivity contribution is 7.19. The minimum Gasteiger partial charge on any atom is -0.467 e. The van der Waals surface area contributed by atoms with Crippen LogP contribution in [0, 0.1) is 5.92 Å². The van der Waals surface area contributed by atoms with Crippen molar-refractivity contribution in [3.8, 4) is 0 Å². The number of esters is 1. The number of carbonyl (C=O) groups is 2. The Morgan fingerprint density at radius 2 is 2.00 bits per heavy atom. The van der Waals surface area contributed by atoms with Gasteiger partial charge in [0.25, 0.3) is 0 Å². The van der Waals surface area contributed by atoms with E-state index in [2.05, 4.69) is 24.9 Å². The molecule has 7 nitrogen and oxygen atoms in total. The van der Waals surface area contributed by atoms with Crippen LogP contribution in [0.15, 0.2) is 6.33 Å². The van der Waals surface area contributed by atoms with Crippen molar-refractivity contribution >= 4 is 39.2 Å². The fourth-order valence-electron chi connectivity index (χ4n) is 4.23. The fourth-order valence-corrected chi connectivity index (χ4v) is 5.46. The maximum absolute atomic E-state index is 12.5. The lowest BCUT2D eigenvalue weighted by Gasteiger charge is -2.33. The molecule has 0 bridgehead atoms. The van der Waals surface area contributed by atoms with Gasteiger partial charge in [0.05, 0.1) is 12.5 Å². The van der Waals surface area contributed by atoms with Gasteiger partial charge in [-0.15, -0.1) is 11.3 Å². The summed E-state index contributed by atoms with van der Waals surface area (Å²) in [6.07, 6.45) is 7.91. The molecule has 3 heterocycles. The van der Waals surface area contributed by atoms with E-state index in [0.29, 0.717) is 0 Å². The Labute approximate surface area is 168 Å². The number of anilines is 1. The predicted octanol–water partition coefficient (Wildman–Crippen LogP) is 2.46. The molecule has 1 saturated heterocycles. The summed E-state index contributed by atoms with van der Waals surface area (Å²) in [5.74, 6) is 0.443. The highest BCUT2D eigenvalue weighted by atomic mass is 32.1. The van der Waals surface area contributed by atoms with E-state index in [9.17, 15) is 9.59 Å². The SMILES string of the molecule is COC(=O)C(C)NC(=O)C1CCN(c2ncnc3sc4c(c23)CCCC4)CC1. The van der Waals surface area contributed by atoms with Gasteiger partial charge in [0.2, 0.25) is 5.91 Å². The molecule has 0 saturated carbocycles. The Morgan fingerprint density at radius 3 is 2.75 bits per heavy atom. The number of hydrogen-bond donors (Lipinski definition) is 1. The number of piperidine rings is 1. The number of aromatic nitrogens is 2. The third-order valence-electron chi connectivity index (χ3n) is 5.81. The second-order valence-electron chi connectivity index (χ2n) is 7.60. The second-order valence-corrected chi connectivity index (χ2v) is 8.69. The van der Waals surface area contributed by atoms with Crippen LogP contribution in [0.4, 0.5) is 5.82 Å². The van der Waals surface area contributed by atoms with Gasteiger partial charge in [-0.05, 0) is 51.0 Å².